The number of rotatable bonds is 6. The van der Waals surface area contributed by atoms with Crippen LogP contribution in [0.2, 0.25) is 0 Å². The largest absolute Gasteiger partial charge is 0.355 e. The summed E-state index contributed by atoms with van der Waals surface area (Å²) in [4.78, 5) is 26.6. The Morgan fingerprint density at radius 2 is 2.00 bits per heavy atom. The summed E-state index contributed by atoms with van der Waals surface area (Å²) < 4.78 is 1.91. The Hall–Kier alpha value is -3.22. The van der Waals surface area contributed by atoms with Gasteiger partial charge in [0.05, 0.1) is 5.92 Å². The molecule has 7 heteroatoms. The van der Waals surface area contributed by atoms with Crippen LogP contribution >= 0.6 is 0 Å². The maximum atomic E-state index is 12.5. The predicted molar refractivity (Wildman–Crippen MR) is 106 cm³/mol. The zero-order chi connectivity index (χ0) is 19.5. The van der Waals surface area contributed by atoms with Gasteiger partial charge in [0.1, 0.15) is 5.82 Å². The fourth-order valence-electron chi connectivity index (χ4n) is 3.55. The van der Waals surface area contributed by atoms with Crippen molar-refractivity contribution in [1.82, 2.24) is 19.9 Å². The first kappa shape index (κ1) is 18.2. The third-order valence-electron chi connectivity index (χ3n) is 5.18. The molecule has 1 saturated heterocycles. The van der Waals surface area contributed by atoms with Gasteiger partial charge in [-0.1, -0.05) is 25.1 Å². The van der Waals surface area contributed by atoms with Crippen LogP contribution in [-0.4, -0.2) is 39.5 Å². The van der Waals surface area contributed by atoms with Crippen molar-refractivity contribution in [3.05, 3.63) is 60.0 Å². The molecule has 7 nitrogen and oxygen atoms in total. The highest BCUT2D eigenvalue weighted by molar-refractivity contribution is 6.00. The standard InChI is InChI=1S/C21H23N5O2/c1-2-15-6-8-17(9-7-15)26-14-16(13-20(26)27)21(28)22-11-10-19-24-23-18-5-3-4-12-25(18)19/h3-9,12,16H,2,10-11,13-14H2,1H3,(H,22,28). The topological polar surface area (TPSA) is 79.6 Å². The van der Waals surface area contributed by atoms with Crippen LogP contribution < -0.4 is 10.2 Å². The van der Waals surface area contributed by atoms with Crippen molar-refractivity contribution in [3.8, 4) is 0 Å². The Morgan fingerprint density at radius 3 is 2.79 bits per heavy atom. The second-order valence-electron chi connectivity index (χ2n) is 7.01. The van der Waals surface area contributed by atoms with Gasteiger partial charge >= 0.3 is 0 Å². The van der Waals surface area contributed by atoms with Gasteiger partial charge in [-0.3, -0.25) is 14.0 Å². The van der Waals surface area contributed by atoms with Crippen molar-refractivity contribution >= 4 is 23.1 Å². The molecule has 1 unspecified atom stereocenters. The molecule has 2 aromatic heterocycles. The molecule has 1 N–H and O–H groups in total. The molecule has 1 fully saturated rings. The van der Waals surface area contributed by atoms with E-state index in [9.17, 15) is 9.59 Å². The summed E-state index contributed by atoms with van der Waals surface area (Å²) in [6, 6.07) is 13.7. The minimum absolute atomic E-state index is 0.00662. The maximum absolute atomic E-state index is 12.5. The summed E-state index contributed by atoms with van der Waals surface area (Å²) in [6.45, 7) is 2.98. The normalized spacial score (nSPS) is 16.7. The van der Waals surface area contributed by atoms with Gasteiger partial charge in [-0.2, -0.15) is 0 Å². The van der Waals surface area contributed by atoms with Gasteiger partial charge < -0.3 is 10.2 Å². The molecule has 2 amide bonds. The fourth-order valence-corrected chi connectivity index (χ4v) is 3.55. The van der Waals surface area contributed by atoms with Gasteiger partial charge in [-0.25, -0.2) is 0 Å². The molecular formula is C21H23N5O2. The molecule has 0 aliphatic carbocycles. The Morgan fingerprint density at radius 1 is 1.18 bits per heavy atom. The number of carbonyl (C=O) groups excluding carboxylic acids is 2. The summed E-state index contributed by atoms with van der Waals surface area (Å²) in [5.74, 6) is 0.382. The SMILES string of the molecule is CCc1ccc(N2CC(C(=O)NCCc3nnc4ccccn34)CC2=O)cc1. The number of carbonyl (C=O) groups is 2. The maximum Gasteiger partial charge on any atom is 0.227 e. The first-order valence-corrected chi connectivity index (χ1v) is 9.61. The van der Waals surface area contributed by atoms with Crippen molar-refractivity contribution in [2.24, 2.45) is 5.92 Å². The van der Waals surface area contributed by atoms with Crippen LogP contribution in [0, 0.1) is 5.92 Å². The second-order valence-corrected chi connectivity index (χ2v) is 7.01. The molecule has 1 aliphatic rings. The van der Waals surface area contributed by atoms with Crippen LogP contribution in [0.5, 0.6) is 0 Å². The van der Waals surface area contributed by atoms with E-state index >= 15 is 0 Å². The highest BCUT2D eigenvalue weighted by Crippen LogP contribution is 2.25. The minimum atomic E-state index is -0.325. The zero-order valence-electron chi connectivity index (χ0n) is 15.8. The molecular weight excluding hydrogens is 354 g/mol. The van der Waals surface area contributed by atoms with E-state index in [0.717, 1.165) is 23.6 Å². The fraction of sp³-hybridized carbons (Fsp3) is 0.333. The van der Waals surface area contributed by atoms with Crippen molar-refractivity contribution in [1.29, 1.82) is 0 Å². The summed E-state index contributed by atoms with van der Waals surface area (Å²) in [5, 5.41) is 11.2. The number of benzene rings is 1. The average Bonchev–Trinajstić information content (AvgIpc) is 3.32. The molecule has 1 aliphatic heterocycles. The molecule has 4 rings (SSSR count). The molecule has 1 aromatic carbocycles. The van der Waals surface area contributed by atoms with E-state index in [1.807, 2.05) is 53.1 Å². The lowest BCUT2D eigenvalue weighted by molar-refractivity contribution is -0.126. The van der Waals surface area contributed by atoms with E-state index in [1.165, 1.54) is 5.56 Å². The molecule has 3 aromatic rings. The number of amides is 2. The van der Waals surface area contributed by atoms with Gasteiger partial charge in [0.2, 0.25) is 11.8 Å². The van der Waals surface area contributed by atoms with Crippen molar-refractivity contribution in [3.63, 3.8) is 0 Å². The van der Waals surface area contributed by atoms with Gasteiger partial charge in [0.25, 0.3) is 0 Å². The lowest BCUT2D eigenvalue weighted by atomic mass is 10.1. The monoisotopic (exact) mass is 377 g/mol. The third kappa shape index (κ3) is 3.60. The van der Waals surface area contributed by atoms with Crippen LogP contribution in [-0.2, 0) is 22.4 Å². The average molecular weight is 377 g/mol. The second kappa shape index (κ2) is 7.80. The Kier molecular flexibility index (Phi) is 5.06. The Bertz CT molecular complexity index is 995. The van der Waals surface area contributed by atoms with E-state index in [1.54, 1.807) is 4.90 Å². The lowest BCUT2D eigenvalue weighted by Gasteiger charge is -2.17. The number of anilines is 1. The number of aryl methyl sites for hydroxylation is 1. The Balaban J connectivity index is 1.33. The van der Waals surface area contributed by atoms with Crippen LogP contribution in [0.25, 0.3) is 5.65 Å². The quantitative estimate of drug-likeness (QED) is 0.713. The first-order chi connectivity index (χ1) is 13.7. The molecule has 3 heterocycles. The van der Waals surface area contributed by atoms with Crippen molar-refractivity contribution < 1.29 is 9.59 Å². The zero-order valence-corrected chi connectivity index (χ0v) is 15.8. The van der Waals surface area contributed by atoms with Crippen LogP contribution in [0.15, 0.2) is 48.7 Å². The lowest BCUT2D eigenvalue weighted by Crippen LogP contribution is -2.34. The van der Waals surface area contributed by atoms with Crippen LogP contribution in [0.1, 0.15) is 24.7 Å². The number of pyridine rings is 1. The van der Waals surface area contributed by atoms with Crippen LogP contribution in [0.4, 0.5) is 5.69 Å². The van der Waals surface area contributed by atoms with Gasteiger partial charge in [0, 0.05) is 37.8 Å². The third-order valence-corrected chi connectivity index (χ3v) is 5.18. The highest BCUT2D eigenvalue weighted by atomic mass is 16.2. The van der Waals surface area contributed by atoms with Gasteiger partial charge in [-0.15, -0.1) is 10.2 Å². The molecule has 144 valence electrons. The predicted octanol–water partition coefficient (Wildman–Crippen LogP) is 2.00. The van der Waals surface area contributed by atoms with E-state index < -0.39 is 0 Å². The summed E-state index contributed by atoms with van der Waals surface area (Å²) in [7, 11) is 0. The van der Waals surface area contributed by atoms with Crippen molar-refractivity contribution in [2.45, 2.75) is 26.2 Å². The van der Waals surface area contributed by atoms with E-state index in [4.69, 9.17) is 0 Å². The molecule has 0 saturated carbocycles. The molecule has 0 spiro atoms. The smallest absolute Gasteiger partial charge is 0.227 e. The van der Waals surface area contributed by atoms with Crippen molar-refractivity contribution in [2.75, 3.05) is 18.0 Å². The molecule has 1 atom stereocenters. The van der Waals surface area contributed by atoms with Gasteiger partial charge in [-0.05, 0) is 36.2 Å². The minimum Gasteiger partial charge on any atom is -0.355 e. The number of aromatic nitrogens is 3. The number of nitrogens with one attached hydrogen (secondary N) is 1. The van der Waals surface area contributed by atoms with E-state index in [2.05, 4.69) is 22.4 Å². The first-order valence-electron chi connectivity index (χ1n) is 9.61. The summed E-state index contributed by atoms with van der Waals surface area (Å²) >= 11 is 0. The van der Waals surface area contributed by atoms with E-state index in [-0.39, 0.29) is 24.2 Å². The number of hydrogen-bond donors (Lipinski definition) is 1. The molecule has 0 radical (unpaired) electrons. The number of hydrogen-bond acceptors (Lipinski definition) is 4. The van der Waals surface area contributed by atoms with Gasteiger partial charge in [0.15, 0.2) is 5.65 Å². The Labute approximate surface area is 163 Å². The number of fused-ring (bicyclic) bond motifs is 1. The molecule has 0 bridgehead atoms. The molecule has 28 heavy (non-hydrogen) atoms. The van der Waals surface area contributed by atoms with Crippen LogP contribution in [0.3, 0.4) is 0 Å². The summed E-state index contributed by atoms with van der Waals surface area (Å²) in [5.41, 5.74) is 2.87. The van der Waals surface area contributed by atoms with E-state index in [0.29, 0.717) is 19.5 Å². The highest BCUT2D eigenvalue weighted by Gasteiger charge is 2.34. The number of nitrogens with zero attached hydrogens (tertiary/aromatic N) is 4. The summed E-state index contributed by atoms with van der Waals surface area (Å²) in [6.07, 6.45) is 3.69.